The molecule has 1 aromatic heterocycles. The summed E-state index contributed by atoms with van der Waals surface area (Å²) in [6.45, 7) is 2.90. The van der Waals surface area contributed by atoms with Gasteiger partial charge in [-0.3, -0.25) is 4.68 Å². The van der Waals surface area contributed by atoms with Gasteiger partial charge in [-0.15, -0.1) is 0 Å². The third kappa shape index (κ3) is 3.06. The molecule has 0 saturated carbocycles. The highest BCUT2D eigenvalue weighted by atomic mass is 16.5. The summed E-state index contributed by atoms with van der Waals surface area (Å²) in [7, 11) is 0. The lowest BCUT2D eigenvalue weighted by atomic mass is 10.1. The summed E-state index contributed by atoms with van der Waals surface area (Å²) in [5, 5.41) is 4.20. The van der Waals surface area contributed by atoms with Crippen molar-refractivity contribution in [2.45, 2.75) is 26.3 Å². The van der Waals surface area contributed by atoms with E-state index in [1.54, 1.807) is 17.7 Å². The molecule has 1 aliphatic carbocycles. The van der Waals surface area contributed by atoms with E-state index in [2.05, 4.69) is 23.3 Å². The lowest BCUT2D eigenvalue weighted by molar-refractivity contribution is 0.0518. The largest absolute Gasteiger partial charge is 0.461 e. The number of esters is 1. The van der Waals surface area contributed by atoms with E-state index in [1.165, 1.54) is 5.57 Å². The van der Waals surface area contributed by atoms with Gasteiger partial charge in [0.15, 0.2) is 5.69 Å². The Morgan fingerprint density at radius 1 is 1.59 bits per heavy atom. The van der Waals surface area contributed by atoms with Crippen molar-refractivity contribution < 1.29 is 9.53 Å². The predicted molar refractivity (Wildman–Crippen MR) is 64.6 cm³/mol. The topological polar surface area (TPSA) is 44.1 Å². The molecule has 0 fully saturated rings. The van der Waals surface area contributed by atoms with Crippen LogP contribution in [0.2, 0.25) is 0 Å². The van der Waals surface area contributed by atoms with E-state index in [1.807, 2.05) is 6.20 Å². The Kier molecular flexibility index (Phi) is 3.75. The SMILES string of the molecule is CCOC(=O)c1ccn(CC2=CC=CCC2)n1. The Morgan fingerprint density at radius 3 is 3.18 bits per heavy atom. The number of ether oxygens (including phenoxy) is 1. The number of allylic oxidation sites excluding steroid dienone is 4. The molecule has 0 amide bonds. The van der Waals surface area contributed by atoms with E-state index in [0.29, 0.717) is 12.3 Å². The highest BCUT2D eigenvalue weighted by Crippen LogP contribution is 2.13. The Morgan fingerprint density at radius 2 is 2.47 bits per heavy atom. The van der Waals surface area contributed by atoms with Gasteiger partial charge in [0, 0.05) is 6.20 Å². The number of carbonyl (C=O) groups excluding carboxylic acids is 1. The molecule has 2 rings (SSSR count). The average molecular weight is 232 g/mol. The summed E-state index contributed by atoms with van der Waals surface area (Å²) in [6, 6.07) is 1.69. The summed E-state index contributed by atoms with van der Waals surface area (Å²) < 4.78 is 6.67. The second-order valence-electron chi connectivity index (χ2n) is 3.91. The van der Waals surface area contributed by atoms with Crippen molar-refractivity contribution >= 4 is 5.97 Å². The summed E-state index contributed by atoms with van der Waals surface area (Å²) in [5.74, 6) is -0.358. The molecule has 1 heterocycles. The van der Waals surface area contributed by atoms with Crippen LogP contribution in [0.5, 0.6) is 0 Å². The standard InChI is InChI=1S/C13H16N2O2/c1-2-17-13(16)12-8-9-15(14-12)10-11-6-4-3-5-7-11/h3-4,6,8-9H,2,5,7,10H2,1H3. The molecule has 90 valence electrons. The van der Waals surface area contributed by atoms with E-state index in [9.17, 15) is 4.79 Å². The first-order chi connectivity index (χ1) is 8.29. The summed E-state index contributed by atoms with van der Waals surface area (Å²) in [6.07, 6.45) is 10.3. The minimum atomic E-state index is -0.358. The number of nitrogens with zero attached hydrogens (tertiary/aromatic N) is 2. The number of hydrogen-bond acceptors (Lipinski definition) is 3. The highest BCUT2D eigenvalue weighted by molar-refractivity contribution is 5.86. The summed E-state index contributed by atoms with van der Waals surface area (Å²) >= 11 is 0. The van der Waals surface area contributed by atoms with Crippen molar-refractivity contribution in [2.24, 2.45) is 0 Å². The van der Waals surface area contributed by atoms with Gasteiger partial charge in [0.2, 0.25) is 0 Å². The van der Waals surface area contributed by atoms with Crippen molar-refractivity contribution in [1.82, 2.24) is 9.78 Å². The van der Waals surface area contributed by atoms with Crippen LogP contribution in [-0.4, -0.2) is 22.4 Å². The Balaban J connectivity index is 2.00. The van der Waals surface area contributed by atoms with Crippen LogP contribution in [0.4, 0.5) is 0 Å². The lowest BCUT2D eigenvalue weighted by Gasteiger charge is -2.08. The van der Waals surface area contributed by atoms with Gasteiger partial charge < -0.3 is 4.74 Å². The van der Waals surface area contributed by atoms with Crippen LogP contribution in [0.25, 0.3) is 0 Å². The maximum atomic E-state index is 11.4. The molecule has 0 bridgehead atoms. The van der Waals surface area contributed by atoms with Crippen LogP contribution in [0.15, 0.2) is 36.1 Å². The molecule has 17 heavy (non-hydrogen) atoms. The van der Waals surface area contributed by atoms with Gasteiger partial charge in [0.1, 0.15) is 0 Å². The maximum absolute atomic E-state index is 11.4. The molecule has 0 aromatic carbocycles. The normalized spacial score (nSPS) is 14.5. The fourth-order valence-corrected chi connectivity index (χ4v) is 1.76. The molecule has 0 atom stereocenters. The minimum absolute atomic E-state index is 0.358. The number of aromatic nitrogens is 2. The van der Waals surface area contributed by atoms with Crippen LogP contribution >= 0.6 is 0 Å². The van der Waals surface area contributed by atoms with E-state index in [0.717, 1.165) is 19.4 Å². The molecule has 4 nitrogen and oxygen atoms in total. The second kappa shape index (κ2) is 5.48. The molecule has 1 aliphatic rings. The zero-order chi connectivity index (χ0) is 12.1. The molecular weight excluding hydrogens is 216 g/mol. The molecule has 0 aliphatic heterocycles. The molecule has 1 aromatic rings. The van der Waals surface area contributed by atoms with Crippen LogP contribution in [0.1, 0.15) is 30.3 Å². The molecule has 0 N–H and O–H groups in total. The van der Waals surface area contributed by atoms with E-state index >= 15 is 0 Å². The summed E-state index contributed by atoms with van der Waals surface area (Å²) in [4.78, 5) is 11.4. The van der Waals surface area contributed by atoms with Crippen molar-refractivity contribution in [3.8, 4) is 0 Å². The predicted octanol–water partition coefficient (Wildman–Crippen LogP) is 2.34. The van der Waals surface area contributed by atoms with Crippen molar-refractivity contribution in [3.05, 3.63) is 41.8 Å². The Bertz CT molecular complexity index is 458. The van der Waals surface area contributed by atoms with Gasteiger partial charge in [-0.2, -0.15) is 5.10 Å². The third-order valence-electron chi connectivity index (χ3n) is 2.59. The number of rotatable bonds is 4. The zero-order valence-electron chi connectivity index (χ0n) is 9.93. The maximum Gasteiger partial charge on any atom is 0.358 e. The van der Waals surface area contributed by atoms with Gasteiger partial charge in [-0.25, -0.2) is 4.79 Å². The van der Waals surface area contributed by atoms with E-state index in [-0.39, 0.29) is 5.97 Å². The van der Waals surface area contributed by atoms with Crippen LogP contribution in [0.3, 0.4) is 0 Å². The van der Waals surface area contributed by atoms with Gasteiger partial charge in [-0.1, -0.05) is 18.2 Å². The molecule has 0 saturated heterocycles. The van der Waals surface area contributed by atoms with Gasteiger partial charge in [0.25, 0.3) is 0 Å². The molecule has 0 spiro atoms. The Labute approximate surface area is 101 Å². The van der Waals surface area contributed by atoms with E-state index in [4.69, 9.17) is 4.74 Å². The van der Waals surface area contributed by atoms with Crippen LogP contribution < -0.4 is 0 Å². The van der Waals surface area contributed by atoms with Crippen LogP contribution in [0, 0.1) is 0 Å². The minimum Gasteiger partial charge on any atom is -0.461 e. The van der Waals surface area contributed by atoms with Crippen molar-refractivity contribution in [1.29, 1.82) is 0 Å². The van der Waals surface area contributed by atoms with Crippen LogP contribution in [-0.2, 0) is 11.3 Å². The van der Waals surface area contributed by atoms with Crippen molar-refractivity contribution in [3.63, 3.8) is 0 Å². The second-order valence-corrected chi connectivity index (χ2v) is 3.91. The van der Waals surface area contributed by atoms with Gasteiger partial charge in [-0.05, 0) is 31.4 Å². The lowest BCUT2D eigenvalue weighted by Crippen LogP contribution is -2.08. The quantitative estimate of drug-likeness (QED) is 0.748. The fourth-order valence-electron chi connectivity index (χ4n) is 1.76. The molecular formula is C13H16N2O2. The monoisotopic (exact) mass is 232 g/mol. The number of carbonyl (C=O) groups is 1. The Hall–Kier alpha value is -1.84. The number of hydrogen-bond donors (Lipinski definition) is 0. The fraction of sp³-hybridized carbons (Fsp3) is 0.385. The van der Waals surface area contributed by atoms with Crippen molar-refractivity contribution in [2.75, 3.05) is 6.61 Å². The third-order valence-corrected chi connectivity index (χ3v) is 2.59. The first kappa shape index (κ1) is 11.6. The average Bonchev–Trinajstić information content (AvgIpc) is 2.79. The molecule has 0 unspecified atom stereocenters. The first-order valence-electron chi connectivity index (χ1n) is 5.84. The van der Waals surface area contributed by atoms with Gasteiger partial charge in [0.05, 0.1) is 13.2 Å². The smallest absolute Gasteiger partial charge is 0.358 e. The first-order valence-corrected chi connectivity index (χ1v) is 5.84. The molecule has 4 heteroatoms. The molecule has 0 radical (unpaired) electrons. The summed E-state index contributed by atoms with van der Waals surface area (Å²) in [5.41, 5.74) is 1.70. The highest BCUT2D eigenvalue weighted by Gasteiger charge is 2.10. The van der Waals surface area contributed by atoms with E-state index < -0.39 is 0 Å². The van der Waals surface area contributed by atoms with Gasteiger partial charge >= 0.3 is 5.97 Å². The zero-order valence-corrected chi connectivity index (χ0v) is 9.93.